The second-order valence-electron chi connectivity index (χ2n) is 6.56. The fraction of sp³-hybridized carbons (Fsp3) is 0.381. The van der Waals surface area contributed by atoms with Crippen LogP contribution in [0.5, 0.6) is 5.75 Å². The van der Waals surface area contributed by atoms with Crippen LogP contribution in [0.15, 0.2) is 36.4 Å². The summed E-state index contributed by atoms with van der Waals surface area (Å²) in [4.78, 5) is 12.0. The Hall–Kier alpha value is -2.44. The first-order valence-electron chi connectivity index (χ1n) is 8.43. The van der Waals surface area contributed by atoms with Gasteiger partial charge in [-0.3, -0.25) is 0 Å². The average molecular weight is 376 g/mol. The van der Waals surface area contributed by atoms with Gasteiger partial charge in [0, 0.05) is 19.8 Å². The lowest BCUT2D eigenvalue weighted by molar-refractivity contribution is -0.0967. The molecule has 0 spiro atoms. The summed E-state index contributed by atoms with van der Waals surface area (Å²) in [6.45, 7) is 3.72. The summed E-state index contributed by atoms with van der Waals surface area (Å²) >= 11 is 0. The van der Waals surface area contributed by atoms with E-state index in [2.05, 4.69) is 0 Å². The molecule has 0 saturated carbocycles. The summed E-state index contributed by atoms with van der Waals surface area (Å²) in [5, 5.41) is 0. The van der Waals surface area contributed by atoms with Crippen molar-refractivity contribution in [1.29, 1.82) is 0 Å². The van der Waals surface area contributed by atoms with Gasteiger partial charge < -0.3 is 18.9 Å². The van der Waals surface area contributed by atoms with Gasteiger partial charge in [0.2, 0.25) is 0 Å². The smallest absolute Gasteiger partial charge is 0.337 e. The van der Waals surface area contributed by atoms with Gasteiger partial charge in [0.1, 0.15) is 17.7 Å². The van der Waals surface area contributed by atoms with E-state index in [0.29, 0.717) is 28.0 Å². The summed E-state index contributed by atoms with van der Waals surface area (Å²) in [5.41, 5.74) is 1.15. The van der Waals surface area contributed by atoms with E-state index in [1.807, 2.05) is 13.8 Å². The lowest BCUT2D eigenvalue weighted by atomic mass is 9.87. The van der Waals surface area contributed by atoms with Gasteiger partial charge in [0.15, 0.2) is 0 Å². The molecule has 0 saturated heterocycles. The number of hydrogen-bond donors (Lipinski definition) is 0. The third-order valence-corrected chi connectivity index (χ3v) is 4.61. The molecule has 0 aliphatic heterocycles. The van der Waals surface area contributed by atoms with Crippen molar-refractivity contribution in [2.75, 3.05) is 28.4 Å². The lowest BCUT2D eigenvalue weighted by Gasteiger charge is -2.33. The number of carbonyl (C=O) groups is 1. The van der Waals surface area contributed by atoms with Gasteiger partial charge in [-0.2, -0.15) is 0 Å². The third-order valence-electron chi connectivity index (χ3n) is 4.61. The first kappa shape index (κ1) is 20.9. The summed E-state index contributed by atoms with van der Waals surface area (Å²) in [5.74, 6) is -0.374. The highest BCUT2D eigenvalue weighted by molar-refractivity contribution is 5.90. The van der Waals surface area contributed by atoms with Crippen molar-refractivity contribution >= 4 is 5.97 Å². The molecule has 0 N–H and O–H groups in total. The molecule has 146 valence electrons. The molecule has 0 radical (unpaired) electrons. The summed E-state index contributed by atoms with van der Waals surface area (Å²) in [7, 11) is 5.94. The normalized spacial score (nSPS) is 12.6. The second kappa shape index (κ2) is 8.50. The molecular weight excluding hydrogens is 351 g/mol. The number of methoxy groups -OCH3 is 4. The Morgan fingerprint density at radius 2 is 1.70 bits per heavy atom. The van der Waals surface area contributed by atoms with Crippen molar-refractivity contribution in [3.05, 3.63) is 53.3 Å². The van der Waals surface area contributed by atoms with Crippen molar-refractivity contribution in [1.82, 2.24) is 0 Å². The average Bonchev–Trinajstić information content (AvgIpc) is 2.68. The summed E-state index contributed by atoms with van der Waals surface area (Å²) in [6, 6.07) is 9.42. The molecule has 27 heavy (non-hydrogen) atoms. The van der Waals surface area contributed by atoms with Gasteiger partial charge in [-0.05, 0) is 55.3 Å². The maximum Gasteiger partial charge on any atom is 0.337 e. The van der Waals surface area contributed by atoms with Crippen LogP contribution >= 0.6 is 0 Å². The van der Waals surface area contributed by atoms with E-state index in [0.717, 1.165) is 0 Å². The van der Waals surface area contributed by atoms with Crippen LogP contribution in [0.4, 0.5) is 4.39 Å². The van der Waals surface area contributed by atoms with Crippen LogP contribution in [0.3, 0.4) is 0 Å². The molecule has 0 fully saturated rings. The molecule has 0 bridgehead atoms. The largest absolute Gasteiger partial charge is 0.497 e. The second-order valence-corrected chi connectivity index (χ2v) is 6.56. The molecule has 2 aromatic carbocycles. The predicted molar refractivity (Wildman–Crippen MR) is 101 cm³/mol. The predicted octanol–water partition coefficient (Wildman–Crippen LogP) is 4.40. The number of rotatable bonds is 7. The number of ether oxygens (including phenoxy) is 4. The molecule has 0 unspecified atom stereocenters. The Balaban J connectivity index is 2.76. The Kier molecular flexibility index (Phi) is 6.57. The van der Waals surface area contributed by atoms with Gasteiger partial charge in [-0.15, -0.1) is 0 Å². The van der Waals surface area contributed by atoms with Crippen LogP contribution in [0.1, 0.15) is 35.9 Å². The third kappa shape index (κ3) is 4.28. The van der Waals surface area contributed by atoms with Crippen LogP contribution < -0.4 is 4.74 Å². The highest BCUT2D eigenvalue weighted by Gasteiger charge is 2.33. The van der Waals surface area contributed by atoms with Gasteiger partial charge in [-0.1, -0.05) is 6.07 Å². The quantitative estimate of drug-likeness (QED) is 0.671. The maximum atomic E-state index is 14.6. The number of halogens is 1. The number of esters is 1. The molecule has 1 atom stereocenters. The molecule has 6 heteroatoms. The minimum Gasteiger partial charge on any atom is -0.497 e. The highest BCUT2D eigenvalue weighted by atomic mass is 19.1. The van der Waals surface area contributed by atoms with Crippen LogP contribution in [-0.2, 0) is 14.2 Å². The van der Waals surface area contributed by atoms with E-state index in [1.54, 1.807) is 44.6 Å². The van der Waals surface area contributed by atoms with E-state index in [-0.39, 0.29) is 0 Å². The van der Waals surface area contributed by atoms with Gasteiger partial charge in [0.25, 0.3) is 0 Å². The molecule has 0 amide bonds. The number of benzene rings is 2. The fourth-order valence-corrected chi connectivity index (χ4v) is 3.00. The van der Waals surface area contributed by atoms with Crippen LogP contribution in [0, 0.1) is 5.82 Å². The fourth-order valence-electron chi connectivity index (χ4n) is 3.00. The molecule has 0 aliphatic rings. The van der Waals surface area contributed by atoms with Crippen molar-refractivity contribution in [2.45, 2.75) is 25.6 Å². The van der Waals surface area contributed by atoms with Gasteiger partial charge >= 0.3 is 5.97 Å². The molecule has 0 aliphatic carbocycles. The molecular formula is C21H25FO5. The van der Waals surface area contributed by atoms with E-state index >= 15 is 0 Å². The Bertz CT molecular complexity index is 816. The Labute approximate surface area is 159 Å². The molecule has 5 nitrogen and oxygen atoms in total. The molecule has 0 heterocycles. The zero-order valence-electron chi connectivity index (χ0n) is 16.5. The zero-order valence-corrected chi connectivity index (χ0v) is 16.5. The van der Waals surface area contributed by atoms with Crippen molar-refractivity contribution in [3.63, 3.8) is 0 Å². The maximum absolute atomic E-state index is 14.6. The monoisotopic (exact) mass is 376 g/mol. The first-order chi connectivity index (χ1) is 12.8. The van der Waals surface area contributed by atoms with Crippen molar-refractivity contribution < 1.29 is 28.1 Å². The molecule has 0 aromatic heterocycles. The van der Waals surface area contributed by atoms with Crippen LogP contribution in [0.25, 0.3) is 11.1 Å². The standard InChI is InChI=1S/C21H25FO5/c1-21(2,27-6)19(25-4)17-11-13(20(23)26-5)7-9-15(17)16-12-14(24-3)8-10-18(16)22/h7-12,19H,1-6H3/t19-/m0/s1. The lowest BCUT2D eigenvalue weighted by Crippen LogP contribution is -2.33. The summed E-state index contributed by atoms with van der Waals surface area (Å²) in [6.07, 6.45) is -0.562. The van der Waals surface area contributed by atoms with E-state index in [9.17, 15) is 9.18 Å². The Morgan fingerprint density at radius 1 is 1.00 bits per heavy atom. The summed E-state index contributed by atoms with van der Waals surface area (Å²) < 4.78 is 35.9. The first-order valence-corrected chi connectivity index (χ1v) is 8.43. The van der Waals surface area contributed by atoms with Crippen LogP contribution in [0.2, 0.25) is 0 Å². The van der Waals surface area contributed by atoms with Crippen molar-refractivity contribution in [3.8, 4) is 16.9 Å². The molecule has 2 aromatic rings. The van der Waals surface area contributed by atoms with Gasteiger partial charge in [-0.25, -0.2) is 9.18 Å². The minimum atomic E-state index is -0.729. The minimum absolute atomic E-state index is 0.341. The van der Waals surface area contributed by atoms with Crippen molar-refractivity contribution in [2.24, 2.45) is 0 Å². The van der Waals surface area contributed by atoms with Crippen LogP contribution in [-0.4, -0.2) is 40.0 Å². The SMILES string of the molecule is COC(=O)c1ccc(-c2cc(OC)ccc2F)c([C@H](OC)C(C)(C)OC)c1. The van der Waals surface area contributed by atoms with E-state index in [4.69, 9.17) is 18.9 Å². The highest BCUT2D eigenvalue weighted by Crippen LogP contribution is 2.39. The zero-order chi connectivity index (χ0) is 20.2. The number of hydrogen-bond acceptors (Lipinski definition) is 5. The number of carbonyl (C=O) groups excluding carboxylic acids is 1. The Morgan fingerprint density at radius 3 is 2.26 bits per heavy atom. The van der Waals surface area contributed by atoms with Gasteiger partial charge in [0.05, 0.1) is 25.4 Å². The van der Waals surface area contributed by atoms with E-state index in [1.165, 1.54) is 20.3 Å². The molecule has 2 rings (SSSR count). The van der Waals surface area contributed by atoms with E-state index < -0.39 is 23.5 Å². The topological polar surface area (TPSA) is 54.0 Å².